The van der Waals surface area contributed by atoms with Crippen molar-refractivity contribution in [1.82, 2.24) is 0 Å². The highest BCUT2D eigenvalue weighted by molar-refractivity contribution is 9.10. The first-order valence-electron chi connectivity index (χ1n) is 7.17. The Morgan fingerprint density at radius 2 is 2.09 bits per heavy atom. The predicted molar refractivity (Wildman–Crippen MR) is 91.2 cm³/mol. The van der Waals surface area contributed by atoms with Crippen LogP contribution >= 0.6 is 15.9 Å². The van der Waals surface area contributed by atoms with Crippen molar-refractivity contribution >= 4 is 27.5 Å². The van der Waals surface area contributed by atoms with Crippen molar-refractivity contribution in [2.75, 3.05) is 26.0 Å². The van der Waals surface area contributed by atoms with Gasteiger partial charge in [0.05, 0.1) is 14.2 Å². The number of carbonyl (C=O) groups excluding carboxylic acids is 1. The van der Waals surface area contributed by atoms with Crippen molar-refractivity contribution in [3.8, 4) is 5.75 Å². The van der Waals surface area contributed by atoms with Gasteiger partial charge in [-0.25, -0.2) is 4.39 Å². The van der Waals surface area contributed by atoms with Crippen LogP contribution in [-0.2, 0) is 11.3 Å². The van der Waals surface area contributed by atoms with E-state index in [4.69, 9.17) is 4.74 Å². The lowest BCUT2D eigenvalue weighted by Gasteiger charge is -2.14. The molecule has 2 aromatic rings. The second-order valence-electron chi connectivity index (χ2n) is 5.34. The normalized spacial score (nSPS) is 11.8. The van der Waals surface area contributed by atoms with Gasteiger partial charge in [0.25, 0.3) is 5.91 Å². The zero-order valence-corrected chi connectivity index (χ0v) is 14.6. The first-order valence-corrected chi connectivity index (χ1v) is 7.96. The minimum atomic E-state index is -0.392. The molecule has 0 aliphatic carbocycles. The SMILES string of the molecule is COc1ccc(C[NH+](C)CC(=O)Nc2cccc(Br)c2)cc1F. The third kappa shape index (κ3) is 5.33. The molecule has 0 bridgehead atoms. The quantitative estimate of drug-likeness (QED) is 0.805. The summed E-state index contributed by atoms with van der Waals surface area (Å²) in [6, 6.07) is 12.3. The zero-order valence-electron chi connectivity index (χ0n) is 13.0. The average molecular weight is 382 g/mol. The molecule has 4 nitrogen and oxygen atoms in total. The van der Waals surface area contributed by atoms with Crippen molar-refractivity contribution in [2.24, 2.45) is 0 Å². The first kappa shape index (κ1) is 17.4. The van der Waals surface area contributed by atoms with Gasteiger partial charge in [-0.05, 0) is 36.4 Å². The number of benzene rings is 2. The number of rotatable bonds is 6. The Kier molecular flexibility index (Phi) is 6.12. The van der Waals surface area contributed by atoms with Crippen LogP contribution in [0, 0.1) is 5.82 Å². The van der Waals surface area contributed by atoms with E-state index >= 15 is 0 Å². The van der Waals surface area contributed by atoms with Gasteiger partial charge < -0.3 is 15.0 Å². The predicted octanol–water partition coefficient (Wildman–Crippen LogP) is 2.25. The zero-order chi connectivity index (χ0) is 16.8. The van der Waals surface area contributed by atoms with Gasteiger partial charge >= 0.3 is 0 Å². The number of hydrogen-bond acceptors (Lipinski definition) is 2. The number of methoxy groups -OCH3 is 1. The van der Waals surface area contributed by atoms with E-state index in [0.29, 0.717) is 13.1 Å². The van der Waals surface area contributed by atoms with Gasteiger partial charge in [0, 0.05) is 15.7 Å². The van der Waals surface area contributed by atoms with Crippen molar-refractivity contribution in [3.63, 3.8) is 0 Å². The molecule has 2 N–H and O–H groups in total. The van der Waals surface area contributed by atoms with E-state index in [0.717, 1.165) is 20.6 Å². The van der Waals surface area contributed by atoms with E-state index in [2.05, 4.69) is 21.2 Å². The molecule has 122 valence electrons. The maximum atomic E-state index is 13.7. The fourth-order valence-corrected chi connectivity index (χ4v) is 2.68. The van der Waals surface area contributed by atoms with Crippen LogP contribution in [-0.4, -0.2) is 26.6 Å². The number of halogens is 2. The average Bonchev–Trinajstić information content (AvgIpc) is 2.47. The van der Waals surface area contributed by atoms with Crippen LogP contribution < -0.4 is 15.0 Å². The maximum Gasteiger partial charge on any atom is 0.279 e. The molecule has 0 heterocycles. The van der Waals surface area contributed by atoms with Crippen molar-refractivity contribution in [2.45, 2.75) is 6.54 Å². The van der Waals surface area contributed by atoms with Crippen LogP contribution in [0.25, 0.3) is 0 Å². The fraction of sp³-hybridized carbons (Fsp3) is 0.235. The molecule has 0 spiro atoms. The summed E-state index contributed by atoms with van der Waals surface area (Å²) < 4.78 is 19.5. The number of nitrogens with one attached hydrogen (secondary N) is 2. The van der Waals surface area contributed by atoms with Gasteiger partial charge in [-0.1, -0.05) is 22.0 Å². The molecule has 0 aliphatic rings. The molecule has 2 rings (SSSR count). The van der Waals surface area contributed by atoms with E-state index in [1.165, 1.54) is 13.2 Å². The lowest BCUT2D eigenvalue weighted by atomic mass is 10.2. The highest BCUT2D eigenvalue weighted by Crippen LogP contribution is 2.17. The van der Waals surface area contributed by atoms with Crippen LogP contribution in [0.2, 0.25) is 0 Å². The van der Waals surface area contributed by atoms with E-state index in [1.54, 1.807) is 12.1 Å². The molecule has 0 aromatic heterocycles. The summed E-state index contributed by atoms with van der Waals surface area (Å²) in [5.74, 6) is -0.259. The summed E-state index contributed by atoms with van der Waals surface area (Å²) >= 11 is 3.36. The second kappa shape index (κ2) is 8.08. The third-order valence-corrected chi connectivity index (χ3v) is 3.79. The summed E-state index contributed by atoms with van der Waals surface area (Å²) in [6.07, 6.45) is 0. The monoisotopic (exact) mass is 381 g/mol. The summed E-state index contributed by atoms with van der Waals surface area (Å²) in [5.41, 5.74) is 1.56. The number of quaternary nitrogens is 1. The van der Waals surface area contributed by atoms with Gasteiger partial charge in [-0.15, -0.1) is 0 Å². The molecule has 0 fully saturated rings. The Balaban J connectivity index is 1.90. The van der Waals surface area contributed by atoms with Crippen LogP contribution in [0.15, 0.2) is 46.9 Å². The number of likely N-dealkylation sites (N-methyl/N-ethyl adjacent to an activating group) is 1. The molecule has 0 saturated carbocycles. The maximum absolute atomic E-state index is 13.7. The smallest absolute Gasteiger partial charge is 0.279 e. The summed E-state index contributed by atoms with van der Waals surface area (Å²) in [4.78, 5) is 13.0. The topological polar surface area (TPSA) is 42.8 Å². The van der Waals surface area contributed by atoms with Crippen LogP contribution in [0.5, 0.6) is 5.75 Å². The molecule has 0 radical (unpaired) electrons. The Labute approximate surface area is 143 Å². The Hall–Kier alpha value is -1.92. The summed E-state index contributed by atoms with van der Waals surface area (Å²) in [5, 5.41) is 2.85. The molecule has 2 aromatic carbocycles. The molecule has 0 saturated heterocycles. The van der Waals surface area contributed by atoms with Crippen molar-refractivity contribution in [1.29, 1.82) is 0 Å². The van der Waals surface area contributed by atoms with E-state index in [1.807, 2.05) is 31.3 Å². The van der Waals surface area contributed by atoms with Gasteiger partial charge in [0.2, 0.25) is 0 Å². The Bertz CT molecular complexity index is 694. The van der Waals surface area contributed by atoms with E-state index in [-0.39, 0.29) is 11.7 Å². The Morgan fingerprint density at radius 3 is 2.74 bits per heavy atom. The van der Waals surface area contributed by atoms with Gasteiger partial charge in [-0.2, -0.15) is 0 Å². The van der Waals surface area contributed by atoms with Crippen LogP contribution in [0.3, 0.4) is 0 Å². The van der Waals surface area contributed by atoms with Gasteiger partial charge in [-0.3, -0.25) is 4.79 Å². The van der Waals surface area contributed by atoms with Crippen LogP contribution in [0.1, 0.15) is 5.56 Å². The minimum absolute atomic E-state index is 0.0883. The highest BCUT2D eigenvalue weighted by atomic mass is 79.9. The van der Waals surface area contributed by atoms with Crippen molar-refractivity contribution in [3.05, 3.63) is 58.3 Å². The summed E-state index contributed by atoms with van der Waals surface area (Å²) in [7, 11) is 3.32. The molecule has 6 heteroatoms. The van der Waals surface area contributed by atoms with Gasteiger partial charge in [0.15, 0.2) is 18.1 Å². The largest absolute Gasteiger partial charge is 0.494 e. The lowest BCUT2D eigenvalue weighted by Crippen LogP contribution is -3.08. The van der Waals surface area contributed by atoms with Gasteiger partial charge in [0.1, 0.15) is 6.54 Å². The first-order chi connectivity index (χ1) is 11.0. The van der Waals surface area contributed by atoms with E-state index < -0.39 is 5.82 Å². The number of hydrogen-bond donors (Lipinski definition) is 2. The highest BCUT2D eigenvalue weighted by Gasteiger charge is 2.12. The molecular formula is C17H19BrFN2O2+. The Morgan fingerprint density at radius 1 is 1.30 bits per heavy atom. The number of amides is 1. The standard InChI is InChI=1S/C17H18BrFN2O2/c1-21(10-12-6-7-16(23-2)15(19)8-12)11-17(22)20-14-5-3-4-13(18)9-14/h3-9H,10-11H2,1-2H3,(H,20,22)/p+1. The molecule has 23 heavy (non-hydrogen) atoms. The molecular weight excluding hydrogens is 363 g/mol. The minimum Gasteiger partial charge on any atom is -0.494 e. The fourth-order valence-electron chi connectivity index (χ4n) is 2.28. The summed E-state index contributed by atoms with van der Waals surface area (Å²) in [6.45, 7) is 0.840. The molecule has 1 unspecified atom stereocenters. The molecule has 1 atom stereocenters. The number of anilines is 1. The number of carbonyl (C=O) groups is 1. The number of ether oxygens (including phenoxy) is 1. The second-order valence-corrected chi connectivity index (χ2v) is 6.25. The van der Waals surface area contributed by atoms with Crippen molar-refractivity contribution < 1.29 is 18.8 Å². The molecule has 1 amide bonds. The lowest BCUT2D eigenvalue weighted by molar-refractivity contribution is -0.885. The van der Waals surface area contributed by atoms with E-state index in [9.17, 15) is 9.18 Å². The third-order valence-electron chi connectivity index (χ3n) is 3.29. The van der Waals surface area contributed by atoms with Crippen LogP contribution in [0.4, 0.5) is 10.1 Å². The molecule has 0 aliphatic heterocycles.